The highest BCUT2D eigenvalue weighted by atomic mass is 28.4. The lowest BCUT2D eigenvalue weighted by molar-refractivity contribution is -0.167. The Hall–Kier alpha value is -8.41. The summed E-state index contributed by atoms with van der Waals surface area (Å²) in [4.78, 5) is 30.7. The van der Waals surface area contributed by atoms with Gasteiger partial charge in [0.1, 0.15) is 34.5 Å². The van der Waals surface area contributed by atoms with Gasteiger partial charge in [0.05, 0.1) is 29.0 Å². The van der Waals surface area contributed by atoms with Crippen LogP contribution in [0.4, 0.5) is 5.82 Å². The van der Waals surface area contributed by atoms with Crippen LogP contribution in [-0.2, 0) is 40.0 Å². The van der Waals surface area contributed by atoms with E-state index in [0.717, 1.165) is 56.2 Å². The van der Waals surface area contributed by atoms with Crippen molar-refractivity contribution in [1.29, 1.82) is 0 Å². The molecule has 3 heterocycles. The fourth-order valence-electron chi connectivity index (χ4n) is 7.82. The number of phenolic OH excluding ortho intramolecular Hbond substituents is 3. The highest BCUT2D eigenvalue weighted by Crippen LogP contribution is 2.37. The van der Waals surface area contributed by atoms with Crippen LogP contribution in [0.5, 0.6) is 28.9 Å². The molecular formula is C62H70N6O9Si. The molecule has 9 rings (SSSR count). The van der Waals surface area contributed by atoms with E-state index in [1.807, 2.05) is 123 Å². The van der Waals surface area contributed by atoms with Gasteiger partial charge in [-0.05, 0) is 127 Å². The van der Waals surface area contributed by atoms with Gasteiger partial charge in [-0.3, -0.25) is 9.20 Å². The van der Waals surface area contributed by atoms with E-state index in [1.165, 1.54) is 0 Å². The maximum Gasteiger partial charge on any atom is 0.250 e. The highest BCUT2D eigenvalue weighted by Gasteiger charge is 2.39. The van der Waals surface area contributed by atoms with Gasteiger partial charge in [-0.1, -0.05) is 106 Å². The summed E-state index contributed by atoms with van der Waals surface area (Å²) in [6.07, 6.45) is 4.56. The molecule has 0 bridgehead atoms. The normalized spacial score (nSPS) is 11.2. The molecule has 0 aliphatic rings. The number of benzene rings is 6. The summed E-state index contributed by atoms with van der Waals surface area (Å²) in [7, 11) is -1.84. The largest absolute Gasteiger partial charge is 0.544 e. The topological polar surface area (TPSA) is 239 Å². The molecular weight excluding hydrogens is 1000 g/mol. The van der Waals surface area contributed by atoms with Crippen LogP contribution in [0.15, 0.2) is 170 Å². The second-order valence-corrected chi connectivity index (χ2v) is 24.6. The minimum Gasteiger partial charge on any atom is -0.544 e. The van der Waals surface area contributed by atoms with E-state index < -0.39 is 14.6 Å². The summed E-state index contributed by atoms with van der Waals surface area (Å²) in [5.74, 6) is 1.92. The molecule has 8 N–H and O–H groups in total. The van der Waals surface area contributed by atoms with E-state index in [0.29, 0.717) is 61.7 Å². The molecule has 0 saturated carbocycles. The Morgan fingerprint density at radius 1 is 0.590 bits per heavy atom. The molecule has 9 aromatic rings. The summed E-state index contributed by atoms with van der Waals surface area (Å²) >= 11 is 0. The maximum absolute atomic E-state index is 12.3. The molecule has 0 saturated heterocycles. The van der Waals surface area contributed by atoms with Crippen molar-refractivity contribution in [3.8, 4) is 51.4 Å². The lowest BCUT2D eigenvalue weighted by Crippen LogP contribution is -2.43. The quantitative estimate of drug-likeness (QED) is 0.0422. The zero-order valence-corrected chi connectivity index (χ0v) is 46.2. The van der Waals surface area contributed by atoms with Gasteiger partial charge in [-0.15, -0.1) is 0 Å². The van der Waals surface area contributed by atoms with E-state index in [-0.39, 0.29) is 39.4 Å². The number of nitrogens with zero attached hydrogens (tertiary/aromatic N) is 5. The van der Waals surface area contributed by atoms with Gasteiger partial charge in [0.25, 0.3) is 0 Å². The molecule has 0 fully saturated rings. The van der Waals surface area contributed by atoms with Crippen LogP contribution in [0, 0.1) is 0 Å². The second kappa shape index (κ2) is 27.1. The zero-order valence-electron chi connectivity index (χ0n) is 45.2. The monoisotopic (exact) mass is 1070 g/mol. The van der Waals surface area contributed by atoms with Crippen molar-refractivity contribution in [2.45, 2.75) is 84.7 Å². The van der Waals surface area contributed by atoms with Crippen LogP contribution >= 0.6 is 0 Å². The first-order valence-corrected chi connectivity index (χ1v) is 28.5. The zero-order chi connectivity index (χ0) is 55.1. The van der Waals surface area contributed by atoms with Crippen molar-refractivity contribution in [3.05, 3.63) is 209 Å². The van der Waals surface area contributed by atoms with Crippen molar-refractivity contribution in [3.63, 3.8) is 0 Å². The van der Waals surface area contributed by atoms with Crippen molar-refractivity contribution in [2.75, 3.05) is 18.9 Å². The number of aromatic nitrogens is 5. The third-order valence-electron chi connectivity index (χ3n) is 13.0. The first kappa shape index (κ1) is 58.8. The summed E-state index contributed by atoms with van der Waals surface area (Å²) in [6.45, 7) is 15.7. The summed E-state index contributed by atoms with van der Waals surface area (Å²) < 4.78 is 18.6. The van der Waals surface area contributed by atoms with Crippen LogP contribution in [-0.4, -0.2) is 83.8 Å². The third kappa shape index (κ3) is 16.1. The van der Waals surface area contributed by atoms with Crippen LogP contribution in [0.3, 0.4) is 0 Å². The van der Waals surface area contributed by atoms with Crippen LogP contribution in [0.25, 0.3) is 28.2 Å². The van der Waals surface area contributed by atoms with Gasteiger partial charge in [0.2, 0.25) is 20.5 Å². The fraction of sp³-hybridized carbons (Fsp3) is 0.242. The summed E-state index contributed by atoms with van der Waals surface area (Å²) in [5, 5.41) is 39.7. The molecule has 0 radical (unpaired) electrons. The molecule has 0 amide bonds. The molecule has 0 spiro atoms. The Balaban J connectivity index is 0.000000193. The molecule has 3 aromatic heterocycles. The van der Waals surface area contributed by atoms with E-state index in [9.17, 15) is 25.2 Å². The predicted octanol–water partition coefficient (Wildman–Crippen LogP) is 11.5. The number of carbonyl (C=O) groups is 1. The molecule has 0 aliphatic carbocycles. The van der Waals surface area contributed by atoms with E-state index >= 15 is 0 Å². The van der Waals surface area contributed by atoms with E-state index in [2.05, 4.69) is 43.8 Å². The van der Waals surface area contributed by atoms with Gasteiger partial charge in [-0.2, -0.15) is 0 Å². The molecule has 0 aliphatic heterocycles. The number of imidazole rings is 1. The van der Waals surface area contributed by atoms with Gasteiger partial charge < -0.3 is 45.5 Å². The minimum atomic E-state index is -1.84. The van der Waals surface area contributed by atoms with Gasteiger partial charge in [0.15, 0.2) is 11.4 Å². The molecule has 406 valence electrons. The number of hydrogen-bond acceptors (Lipinski definition) is 13. The SMILES string of the molecule is CCOC(OCC)C(=O)Cc1ccc(O[Si](C)(C)C(C)(C)C)cc1.Nc1ncc(-c2ccc(O)cc2)nc1Cc1ccccc1.O.Oc1ccc(Cc2nc3c(Cc4ccccc4)nc(-c4ccc(O)cc4)cn3c2O)cc1. The highest BCUT2D eigenvalue weighted by molar-refractivity contribution is 6.74. The Kier molecular flexibility index (Phi) is 20.4. The minimum absolute atomic E-state index is 0. The van der Waals surface area contributed by atoms with Crippen LogP contribution in [0.1, 0.15) is 74.0 Å². The number of nitrogens with two attached hydrogens (primary N) is 1. The predicted molar refractivity (Wildman–Crippen MR) is 308 cm³/mol. The van der Waals surface area contributed by atoms with Crippen molar-refractivity contribution in [2.24, 2.45) is 0 Å². The lowest BCUT2D eigenvalue weighted by Gasteiger charge is -2.36. The molecule has 0 atom stereocenters. The first-order valence-electron chi connectivity index (χ1n) is 25.6. The third-order valence-corrected chi connectivity index (χ3v) is 17.4. The molecule has 78 heavy (non-hydrogen) atoms. The van der Waals surface area contributed by atoms with Gasteiger partial charge >= 0.3 is 0 Å². The Morgan fingerprint density at radius 3 is 1.55 bits per heavy atom. The maximum atomic E-state index is 12.3. The Bertz CT molecular complexity index is 3310. The van der Waals surface area contributed by atoms with Crippen molar-refractivity contribution in [1.82, 2.24) is 24.3 Å². The van der Waals surface area contributed by atoms with E-state index in [4.69, 9.17) is 29.6 Å². The number of fused-ring (bicyclic) bond motifs is 1. The number of Topliss-reactive ketones (excluding diaryl/α,β-unsaturated/α-hetero) is 1. The van der Waals surface area contributed by atoms with Gasteiger partial charge in [-0.25, -0.2) is 19.9 Å². The Labute approximate surface area is 457 Å². The average molecular weight is 1070 g/mol. The second-order valence-electron chi connectivity index (χ2n) is 19.9. The molecule has 6 aromatic carbocycles. The van der Waals surface area contributed by atoms with E-state index in [1.54, 1.807) is 65.3 Å². The summed E-state index contributed by atoms with van der Waals surface area (Å²) in [5.41, 5.74) is 15.8. The Morgan fingerprint density at radius 2 is 1.04 bits per heavy atom. The van der Waals surface area contributed by atoms with Crippen LogP contribution in [0.2, 0.25) is 18.1 Å². The smallest absolute Gasteiger partial charge is 0.250 e. The fourth-order valence-corrected chi connectivity index (χ4v) is 8.85. The molecule has 16 heteroatoms. The number of rotatable bonds is 17. The first-order chi connectivity index (χ1) is 36.9. The number of hydrogen-bond donors (Lipinski definition) is 5. The van der Waals surface area contributed by atoms with Crippen molar-refractivity contribution >= 4 is 25.6 Å². The number of ether oxygens (including phenoxy) is 2. The molecule has 15 nitrogen and oxygen atoms in total. The number of phenols is 3. The van der Waals surface area contributed by atoms with Gasteiger partial charge in [0, 0.05) is 56.2 Å². The number of anilines is 1. The number of nitrogen functional groups attached to an aromatic ring is 1. The van der Waals surface area contributed by atoms with Crippen LogP contribution < -0.4 is 10.2 Å². The van der Waals surface area contributed by atoms with Crippen molar-refractivity contribution < 1.29 is 44.6 Å². The number of aromatic hydroxyl groups is 4. The summed E-state index contributed by atoms with van der Waals surface area (Å²) in [6, 6.07) is 48.3. The number of ketones is 1. The molecule has 0 unspecified atom stereocenters. The average Bonchev–Trinajstić information content (AvgIpc) is 3.76. The lowest BCUT2D eigenvalue weighted by atomic mass is 10.1. The standard InChI is InChI=1S/C26H21N3O3.C19H32O4Si.C17H15N3O.H2O/c30-20-10-6-18(7-11-20)15-23-26(32)29-16-24(19-8-12-21(31)13-9-19)27-22(25(29)28-23)14-17-4-2-1-3-5-17;1-8-21-18(22-9-2)17(20)14-15-10-12-16(13-11-15)23-24(6,7)19(3,4)5;18-17-15(10-12-4-2-1-3-5-12)20-16(11-19-17)13-6-8-14(21)9-7-13;/h1-13,16,30-32H,14-15H2;10-13,18H,8-9,14H2,1-7H3;1-9,11,21H,10H2,(H2,18,19);1H2. The number of carbonyl (C=O) groups excluding carboxylic acids is 1.